The van der Waals surface area contributed by atoms with Crippen LogP contribution in [0.1, 0.15) is 10.4 Å². The Bertz CT molecular complexity index is 795. The van der Waals surface area contributed by atoms with Gasteiger partial charge in [0.05, 0.1) is 30.5 Å². The average Bonchev–Trinajstić information content (AvgIpc) is 2.62. The molecule has 25 heavy (non-hydrogen) atoms. The number of halogens is 2. The predicted molar refractivity (Wildman–Crippen MR) is 94.9 cm³/mol. The Hall–Kier alpha value is -2.44. The van der Waals surface area contributed by atoms with Crippen molar-refractivity contribution in [2.75, 3.05) is 26.1 Å². The van der Waals surface area contributed by atoms with Crippen LogP contribution in [-0.4, -0.2) is 32.7 Å². The molecule has 6 nitrogen and oxygen atoms in total. The molecule has 0 aliphatic rings. The Morgan fingerprint density at radius 1 is 1.00 bits per heavy atom. The molecule has 2 aromatic carbocycles. The summed E-state index contributed by atoms with van der Waals surface area (Å²) < 4.78 is 15.2. The molecule has 0 bridgehead atoms. The third-order valence-corrected chi connectivity index (χ3v) is 3.72. The second-order valence-electron chi connectivity index (χ2n) is 4.82. The predicted octanol–water partition coefficient (Wildman–Crippen LogP) is 3.81. The van der Waals surface area contributed by atoms with Gasteiger partial charge >= 0.3 is 5.97 Å². The molecule has 0 saturated carbocycles. The fourth-order valence-corrected chi connectivity index (χ4v) is 2.29. The SMILES string of the molecule is COc1ccc(C(=O)OCC(=O)Nc2cc(Cl)ccc2Cl)cc1OC. The van der Waals surface area contributed by atoms with Crippen LogP contribution in [0, 0.1) is 0 Å². The molecule has 0 aliphatic heterocycles. The summed E-state index contributed by atoms with van der Waals surface area (Å²) in [6, 6.07) is 9.19. The van der Waals surface area contributed by atoms with Crippen LogP contribution in [0.15, 0.2) is 36.4 Å². The Labute approximate surface area is 154 Å². The van der Waals surface area contributed by atoms with Gasteiger partial charge in [0, 0.05) is 5.02 Å². The standard InChI is InChI=1S/C17H15Cl2NO5/c1-23-14-6-3-10(7-15(14)24-2)17(22)25-9-16(21)20-13-8-11(18)4-5-12(13)19/h3-8H,9H2,1-2H3,(H,20,21). The summed E-state index contributed by atoms with van der Waals surface area (Å²) in [5.41, 5.74) is 0.563. The molecule has 0 radical (unpaired) electrons. The first-order valence-electron chi connectivity index (χ1n) is 7.08. The molecule has 2 rings (SSSR count). The van der Waals surface area contributed by atoms with Crippen molar-refractivity contribution in [1.82, 2.24) is 0 Å². The monoisotopic (exact) mass is 383 g/mol. The minimum atomic E-state index is -0.673. The lowest BCUT2D eigenvalue weighted by Gasteiger charge is -2.10. The molecule has 0 fully saturated rings. The fraction of sp³-hybridized carbons (Fsp3) is 0.176. The quantitative estimate of drug-likeness (QED) is 0.767. The zero-order valence-corrected chi connectivity index (χ0v) is 15.0. The van der Waals surface area contributed by atoms with E-state index in [0.29, 0.717) is 27.2 Å². The van der Waals surface area contributed by atoms with Crippen LogP contribution in [0.3, 0.4) is 0 Å². The summed E-state index contributed by atoms with van der Waals surface area (Å²) >= 11 is 11.8. The van der Waals surface area contributed by atoms with E-state index in [0.717, 1.165) is 0 Å². The Morgan fingerprint density at radius 3 is 2.40 bits per heavy atom. The molecule has 0 saturated heterocycles. The summed E-state index contributed by atoms with van der Waals surface area (Å²) in [6.45, 7) is -0.476. The molecule has 1 amide bonds. The lowest BCUT2D eigenvalue weighted by molar-refractivity contribution is -0.119. The largest absolute Gasteiger partial charge is 0.493 e. The van der Waals surface area contributed by atoms with E-state index in [-0.39, 0.29) is 5.56 Å². The molecule has 0 heterocycles. The first-order chi connectivity index (χ1) is 11.9. The van der Waals surface area contributed by atoms with Crippen molar-refractivity contribution in [2.45, 2.75) is 0 Å². The number of methoxy groups -OCH3 is 2. The van der Waals surface area contributed by atoms with Crippen molar-refractivity contribution in [3.05, 3.63) is 52.0 Å². The molecular formula is C17H15Cl2NO5. The van der Waals surface area contributed by atoms with Crippen molar-refractivity contribution in [3.63, 3.8) is 0 Å². The number of amides is 1. The Morgan fingerprint density at radius 2 is 1.72 bits per heavy atom. The maximum atomic E-state index is 12.0. The molecule has 1 N–H and O–H groups in total. The summed E-state index contributed by atoms with van der Waals surface area (Å²) in [7, 11) is 2.94. The fourth-order valence-electron chi connectivity index (χ4n) is 1.96. The van der Waals surface area contributed by atoms with Gasteiger partial charge in [0.2, 0.25) is 0 Å². The zero-order chi connectivity index (χ0) is 18.4. The molecule has 0 aliphatic carbocycles. The molecule has 8 heteroatoms. The van der Waals surface area contributed by atoms with Crippen LogP contribution in [0.25, 0.3) is 0 Å². The second-order valence-corrected chi connectivity index (χ2v) is 5.66. The number of carbonyl (C=O) groups excluding carboxylic acids is 2. The first-order valence-corrected chi connectivity index (χ1v) is 7.84. The lowest BCUT2D eigenvalue weighted by atomic mass is 10.2. The van der Waals surface area contributed by atoms with E-state index in [1.165, 1.54) is 32.4 Å². The van der Waals surface area contributed by atoms with E-state index in [9.17, 15) is 9.59 Å². The molecule has 0 unspecified atom stereocenters. The van der Waals surface area contributed by atoms with Crippen molar-refractivity contribution in [1.29, 1.82) is 0 Å². The smallest absolute Gasteiger partial charge is 0.338 e. The molecule has 2 aromatic rings. The van der Waals surface area contributed by atoms with Gasteiger partial charge in [0.15, 0.2) is 18.1 Å². The van der Waals surface area contributed by atoms with Crippen LogP contribution >= 0.6 is 23.2 Å². The zero-order valence-electron chi connectivity index (χ0n) is 13.5. The minimum Gasteiger partial charge on any atom is -0.493 e. The Kier molecular flexibility index (Phi) is 6.50. The highest BCUT2D eigenvalue weighted by molar-refractivity contribution is 6.35. The van der Waals surface area contributed by atoms with E-state index in [1.54, 1.807) is 18.2 Å². The first kappa shape index (κ1) is 18.9. The van der Waals surface area contributed by atoms with Gasteiger partial charge < -0.3 is 19.5 Å². The van der Waals surface area contributed by atoms with Gasteiger partial charge in [-0.05, 0) is 36.4 Å². The summed E-state index contributed by atoms with van der Waals surface area (Å²) in [6.07, 6.45) is 0. The number of ether oxygens (including phenoxy) is 3. The molecule has 132 valence electrons. The summed E-state index contributed by atoms with van der Waals surface area (Å²) in [5, 5.41) is 3.26. The molecule has 0 aromatic heterocycles. The highest BCUT2D eigenvalue weighted by Gasteiger charge is 2.14. The summed E-state index contributed by atoms with van der Waals surface area (Å²) in [5.74, 6) is -0.356. The number of anilines is 1. The maximum absolute atomic E-state index is 12.0. The van der Waals surface area contributed by atoms with Crippen molar-refractivity contribution >= 4 is 40.8 Å². The minimum absolute atomic E-state index is 0.228. The lowest BCUT2D eigenvalue weighted by Crippen LogP contribution is -2.21. The van der Waals surface area contributed by atoms with E-state index in [2.05, 4.69) is 5.32 Å². The third-order valence-electron chi connectivity index (χ3n) is 3.16. The van der Waals surface area contributed by atoms with Gasteiger partial charge in [-0.25, -0.2) is 4.79 Å². The van der Waals surface area contributed by atoms with E-state index < -0.39 is 18.5 Å². The van der Waals surface area contributed by atoms with Crippen LogP contribution in [0.5, 0.6) is 11.5 Å². The second kappa shape index (κ2) is 8.60. The average molecular weight is 384 g/mol. The van der Waals surface area contributed by atoms with E-state index >= 15 is 0 Å². The van der Waals surface area contributed by atoms with Gasteiger partial charge in [-0.2, -0.15) is 0 Å². The van der Waals surface area contributed by atoms with Crippen LogP contribution in [0.4, 0.5) is 5.69 Å². The summed E-state index contributed by atoms with van der Waals surface area (Å²) in [4.78, 5) is 23.9. The Balaban J connectivity index is 1.97. The van der Waals surface area contributed by atoms with Gasteiger partial charge in [-0.15, -0.1) is 0 Å². The van der Waals surface area contributed by atoms with Crippen molar-refractivity contribution in [3.8, 4) is 11.5 Å². The molecule has 0 atom stereocenters. The normalized spacial score (nSPS) is 10.1. The number of carbonyl (C=O) groups is 2. The number of hydrogen-bond acceptors (Lipinski definition) is 5. The third kappa shape index (κ3) is 5.01. The van der Waals surface area contributed by atoms with Crippen LogP contribution < -0.4 is 14.8 Å². The van der Waals surface area contributed by atoms with Crippen molar-refractivity contribution < 1.29 is 23.8 Å². The van der Waals surface area contributed by atoms with Crippen LogP contribution in [0.2, 0.25) is 10.0 Å². The van der Waals surface area contributed by atoms with Gasteiger partial charge in [0.1, 0.15) is 0 Å². The molecular weight excluding hydrogens is 369 g/mol. The van der Waals surface area contributed by atoms with Gasteiger partial charge in [0.25, 0.3) is 5.91 Å². The van der Waals surface area contributed by atoms with Gasteiger partial charge in [-0.3, -0.25) is 4.79 Å². The highest BCUT2D eigenvalue weighted by atomic mass is 35.5. The van der Waals surface area contributed by atoms with Gasteiger partial charge in [-0.1, -0.05) is 23.2 Å². The molecule has 0 spiro atoms. The highest BCUT2D eigenvalue weighted by Crippen LogP contribution is 2.28. The topological polar surface area (TPSA) is 73.9 Å². The maximum Gasteiger partial charge on any atom is 0.338 e. The number of rotatable bonds is 6. The number of hydrogen-bond donors (Lipinski definition) is 1. The number of nitrogens with one attached hydrogen (secondary N) is 1. The van der Waals surface area contributed by atoms with E-state index in [1.807, 2.05) is 0 Å². The number of benzene rings is 2. The number of esters is 1. The van der Waals surface area contributed by atoms with Crippen LogP contribution in [-0.2, 0) is 9.53 Å². The van der Waals surface area contributed by atoms with Crippen molar-refractivity contribution in [2.24, 2.45) is 0 Å². The van der Waals surface area contributed by atoms with E-state index in [4.69, 9.17) is 37.4 Å².